The highest BCUT2D eigenvalue weighted by Crippen LogP contribution is 2.32. The normalized spacial score (nSPS) is 10.9. The zero-order valence-electron chi connectivity index (χ0n) is 22.3. The van der Waals surface area contributed by atoms with E-state index >= 15 is 0 Å². The third-order valence-electron chi connectivity index (χ3n) is 5.60. The summed E-state index contributed by atoms with van der Waals surface area (Å²) in [6, 6.07) is 13.2. The maximum absolute atomic E-state index is 11.6. The molecule has 0 fully saturated rings. The molecule has 2 aromatic rings. The van der Waals surface area contributed by atoms with Gasteiger partial charge in [-0.05, 0) is 53.8 Å². The summed E-state index contributed by atoms with van der Waals surface area (Å²) in [6.07, 6.45) is 11.3. The van der Waals surface area contributed by atoms with Crippen LogP contribution < -0.4 is 9.47 Å². The van der Waals surface area contributed by atoms with Crippen molar-refractivity contribution in [2.75, 3.05) is 13.2 Å². The minimum Gasteiger partial charge on any atom is -0.462 e. The van der Waals surface area contributed by atoms with Crippen molar-refractivity contribution in [3.8, 4) is 22.6 Å². The smallest absolute Gasteiger partial charge is 0.340 e. The average Bonchev–Trinajstić information content (AvgIpc) is 2.96. The lowest BCUT2D eigenvalue weighted by Gasteiger charge is -2.13. The Hall–Kier alpha value is -4.14. The third kappa shape index (κ3) is 11.0. The first-order valence-electron chi connectivity index (χ1n) is 12.8. The molecule has 208 valence electrons. The Bertz CT molecular complexity index is 1180. The molecule has 0 aromatic heterocycles. The highest BCUT2D eigenvalue weighted by Gasteiger charge is 2.10. The Kier molecular flexibility index (Phi) is 13.9. The van der Waals surface area contributed by atoms with E-state index in [0.29, 0.717) is 11.5 Å². The molecule has 0 radical (unpaired) electrons. The van der Waals surface area contributed by atoms with E-state index in [1.165, 1.54) is 31.8 Å². The predicted molar refractivity (Wildman–Crippen MR) is 149 cm³/mol. The third-order valence-corrected chi connectivity index (χ3v) is 5.60. The number of benzene rings is 2. The minimum absolute atomic E-state index is 0.0593. The molecule has 2 aromatic carbocycles. The first-order chi connectivity index (χ1) is 18.9. The molecular formula is C31H36O8. The number of ether oxygens (including phenoxy) is 4. The van der Waals surface area contributed by atoms with Crippen LogP contribution in [-0.4, -0.2) is 35.4 Å². The fraction of sp³-hybridized carbons (Fsp3) is 0.290. The van der Waals surface area contributed by atoms with Crippen LogP contribution in [0.2, 0.25) is 0 Å². The summed E-state index contributed by atoms with van der Waals surface area (Å²) in [7, 11) is 0. The topological polar surface area (TPSA) is 112 Å². The van der Waals surface area contributed by atoms with E-state index in [1.807, 2.05) is 36.4 Å². The van der Waals surface area contributed by atoms with Gasteiger partial charge in [-0.1, -0.05) is 64.0 Å². The number of hydrogen-bond donors (Lipinski definition) is 2. The van der Waals surface area contributed by atoms with E-state index in [-0.39, 0.29) is 11.1 Å². The molecule has 0 aliphatic heterocycles. The van der Waals surface area contributed by atoms with Crippen LogP contribution in [0.25, 0.3) is 11.1 Å². The van der Waals surface area contributed by atoms with Gasteiger partial charge >= 0.3 is 11.9 Å². The molecule has 0 amide bonds. The van der Waals surface area contributed by atoms with Gasteiger partial charge in [-0.2, -0.15) is 0 Å². The molecule has 0 heterocycles. The predicted octanol–water partition coefficient (Wildman–Crippen LogP) is 5.75. The first-order valence-corrected chi connectivity index (χ1v) is 12.8. The summed E-state index contributed by atoms with van der Waals surface area (Å²) in [4.78, 5) is 23.2. The van der Waals surface area contributed by atoms with Crippen molar-refractivity contribution in [2.24, 2.45) is 0 Å². The van der Waals surface area contributed by atoms with Crippen LogP contribution >= 0.6 is 0 Å². The molecule has 0 bridgehead atoms. The summed E-state index contributed by atoms with van der Waals surface area (Å²) < 4.78 is 20.9. The van der Waals surface area contributed by atoms with E-state index in [4.69, 9.17) is 29.2 Å². The lowest BCUT2D eigenvalue weighted by atomic mass is 9.95. The lowest BCUT2D eigenvalue weighted by molar-refractivity contribution is -0.135. The van der Waals surface area contributed by atoms with Crippen molar-refractivity contribution in [1.29, 1.82) is 0 Å². The van der Waals surface area contributed by atoms with Crippen molar-refractivity contribution in [3.63, 3.8) is 0 Å². The van der Waals surface area contributed by atoms with Crippen LogP contribution in [0.3, 0.4) is 0 Å². The molecule has 8 nitrogen and oxygen atoms in total. The van der Waals surface area contributed by atoms with Crippen LogP contribution in [0.1, 0.15) is 44.6 Å². The van der Waals surface area contributed by atoms with Gasteiger partial charge in [0.1, 0.15) is 36.5 Å². The van der Waals surface area contributed by atoms with Crippen molar-refractivity contribution in [1.82, 2.24) is 0 Å². The number of hydrogen-bond acceptors (Lipinski definition) is 8. The zero-order valence-corrected chi connectivity index (χ0v) is 22.3. The Morgan fingerprint density at radius 2 is 1.36 bits per heavy atom. The van der Waals surface area contributed by atoms with Crippen LogP contribution in [0.5, 0.6) is 11.5 Å². The van der Waals surface area contributed by atoms with Gasteiger partial charge in [0, 0.05) is 0 Å². The van der Waals surface area contributed by atoms with Crippen molar-refractivity contribution >= 4 is 11.9 Å². The average molecular weight is 537 g/mol. The van der Waals surface area contributed by atoms with E-state index in [1.54, 1.807) is 6.07 Å². The maximum Gasteiger partial charge on any atom is 0.340 e. The van der Waals surface area contributed by atoms with Gasteiger partial charge in [-0.3, -0.25) is 0 Å². The number of carbonyl (C=O) groups excluding carboxylic acids is 2. The van der Waals surface area contributed by atoms with E-state index in [9.17, 15) is 9.59 Å². The van der Waals surface area contributed by atoms with Gasteiger partial charge in [0.25, 0.3) is 0 Å². The van der Waals surface area contributed by atoms with Crippen LogP contribution in [-0.2, 0) is 25.5 Å². The van der Waals surface area contributed by atoms with Crippen molar-refractivity contribution < 1.29 is 38.7 Å². The number of rotatable bonds is 17. The van der Waals surface area contributed by atoms with Crippen LogP contribution in [0.15, 0.2) is 91.8 Å². The molecule has 0 spiro atoms. The number of carbonyl (C=O) groups is 2. The van der Waals surface area contributed by atoms with Crippen molar-refractivity contribution in [2.45, 2.75) is 45.4 Å². The fourth-order valence-electron chi connectivity index (χ4n) is 3.46. The standard InChI is InChI=1S/C31H36O8/c1-4-5-6-7-8-10-25-13-14-28(37-16-18-39-31(35)24(3)22-33)20-29(25)26-11-9-12-27(19-26)36-15-17-38-30(34)23(2)21-32/h9,11-20,32-33H,2-8,10,21-22H2,1H3/b17-15-,18-16-. The van der Waals surface area contributed by atoms with Gasteiger partial charge in [0.05, 0.1) is 24.4 Å². The van der Waals surface area contributed by atoms with Gasteiger partial charge in [-0.15, -0.1) is 0 Å². The number of aliphatic hydroxyl groups is 2. The number of aliphatic hydroxyl groups excluding tert-OH is 2. The number of esters is 2. The second-order valence-electron chi connectivity index (χ2n) is 8.62. The fourth-order valence-corrected chi connectivity index (χ4v) is 3.46. The first kappa shape index (κ1) is 31.1. The van der Waals surface area contributed by atoms with Crippen LogP contribution in [0.4, 0.5) is 0 Å². The molecule has 0 aliphatic carbocycles. The Morgan fingerprint density at radius 1 is 0.769 bits per heavy atom. The second kappa shape index (κ2) is 17.4. The lowest BCUT2D eigenvalue weighted by Crippen LogP contribution is -2.06. The second-order valence-corrected chi connectivity index (χ2v) is 8.62. The van der Waals surface area contributed by atoms with Gasteiger partial charge in [0.2, 0.25) is 0 Å². The Labute approximate surface area is 229 Å². The van der Waals surface area contributed by atoms with Crippen LogP contribution in [0, 0.1) is 0 Å². The quantitative estimate of drug-likeness (QED) is 0.114. The molecule has 0 aliphatic rings. The molecule has 0 unspecified atom stereocenters. The van der Waals surface area contributed by atoms with Gasteiger partial charge < -0.3 is 29.2 Å². The maximum atomic E-state index is 11.6. The summed E-state index contributed by atoms with van der Waals surface area (Å²) in [5.74, 6) is -0.420. The van der Waals surface area contributed by atoms with E-state index in [0.717, 1.165) is 48.5 Å². The number of aryl methyl sites for hydroxylation is 1. The highest BCUT2D eigenvalue weighted by molar-refractivity contribution is 5.88. The SMILES string of the molecule is C=C(CO)C(=O)O/C=C\Oc1cccc(-c2cc(O/C=C\OC(=O)C(=C)CO)ccc2CCCCCCC)c1. The molecule has 8 heteroatoms. The molecule has 39 heavy (non-hydrogen) atoms. The molecule has 2 rings (SSSR count). The Balaban J connectivity index is 2.18. The Morgan fingerprint density at radius 3 is 1.95 bits per heavy atom. The zero-order chi connectivity index (χ0) is 28.5. The molecular weight excluding hydrogens is 500 g/mol. The van der Waals surface area contributed by atoms with Crippen molar-refractivity contribution in [3.05, 3.63) is 97.4 Å². The molecule has 0 saturated carbocycles. The number of unbranched alkanes of at least 4 members (excludes halogenated alkanes) is 4. The van der Waals surface area contributed by atoms with Gasteiger partial charge in [-0.25, -0.2) is 9.59 Å². The molecule has 2 N–H and O–H groups in total. The minimum atomic E-state index is -0.742. The summed E-state index contributed by atoms with van der Waals surface area (Å²) in [6.45, 7) is 8.02. The summed E-state index contributed by atoms with van der Waals surface area (Å²) in [5.41, 5.74) is 2.89. The molecule has 0 atom stereocenters. The van der Waals surface area contributed by atoms with Gasteiger partial charge in [0.15, 0.2) is 0 Å². The van der Waals surface area contributed by atoms with E-state index < -0.39 is 25.2 Å². The molecule has 0 saturated heterocycles. The summed E-state index contributed by atoms with van der Waals surface area (Å²) >= 11 is 0. The largest absolute Gasteiger partial charge is 0.462 e. The highest BCUT2D eigenvalue weighted by atomic mass is 16.5. The summed E-state index contributed by atoms with van der Waals surface area (Å²) in [5, 5.41) is 17.9. The monoisotopic (exact) mass is 536 g/mol. The van der Waals surface area contributed by atoms with E-state index in [2.05, 4.69) is 20.1 Å².